The van der Waals surface area contributed by atoms with Crippen LogP contribution in [-0.2, 0) is 6.42 Å². The fourth-order valence-corrected chi connectivity index (χ4v) is 5.58. The number of likely N-dealkylation sites (tertiary alicyclic amines) is 1. The lowest BCUT2D eigenvalue weighted by Gasteiger charge is -2.33. The van der Waals surface area contributed by atoms with E-state index >= 15 is 0 Å². The molecule has 1 aliphatic carbocycles. The van der Waals surface area contributed by atoms with Crippen molar-refractivity contribution >= 4 is 27.5 Å². The maximum absolute atomic E-state index is 6.17. The molecule has 0 bridgehead atoms. The van der Waals surface area contributed by atoms with Crippen LogP contribution in [0.25, 0.3) is 0 Å². The molecule has 0 aromatic heterocycles. The molecule has 0 amide bonds. The Labute approximate surface area is 179 Å². The molecule has 2 nitrogen and oxygen atoms in total. The third-order valence-corrected chi connectivity index (χ3v) is 7.66. The summed E-state index contributed by atoms with van der Waals surface area (Å²) in [6.45, 7) is 7.20. The summed E-state index contributed by atoms with van der Waals surface area (Å²) in [5.41, 5.74) is 1.37. The van der Waals surface area contributed by atoms with Gasteiger partial charge < -0.3 is 10.2 Å². The molecule has 1 aromatic carbocycles. The average molecular weight is 456 g/mol. The Morgan fingerprint density at radius 2 is 1.81 bits per heavy atom. The minimum Gasteiger partial charge on any atom is -0.314 e. The number of hydrogen-bond donors (Lipinski definition) is 1. The van der Waals surface area contributed by atoms with E-state index in [0.29, 0.717) is 0 Å². The van der Waals surface area contributed by atoms with Crippen LogP contribution in [0.3, 0.4) is 0 Å². The van der Waals surface area contributed by atoms with Gasteiger partial charge in [0.2, 0.25) is 0 Å². The Hall–Kier alpha value is -0.0900. The van der Waals surface area contributed by atoms with Gasteiger partial charge in [-0.3, -0.25) is 0 Å². The number of nitrogens with one attached hydrogen (secondary N) is 1. The van der Waals surface area contributed by atoms with Crippen LogP contribution in [0.15, 0.2) is 22.7 Å². The third-order valence-electron chi connectivity index (χ3n) is 6.65. The lowest BCUT2D eigenvalue weighted by atomic mass is 9.83. The molecule has 1 aromatic rings. The molecular weight excluding hydrogens is 420 g/mol. The fraction of sp³-hybridized carbons (Fsp3) is 0.739. The van der Waals surface area contributed by atoms with Crippen molar-refractivity contribution in [1.82, 2.24) is 10.2 Å². The lowest BCUT2D eigenvalue weighted by Crippen LogP contribution is -2.35. The number of piperidine rings is 1. The molecule has 4 heteroatoms. The summed E-state index contributed by atoms with van der Waals surface area (Å²) in [6.07, 6.45) is 12.3. The Morgan fingerprint density at radius 1 is 1.07 bits per heavy atom. The quantitative estimate of drug-likeness (QED) is 0.494. The maximum atomic E-state index is 6.17. The standard InChI is InChI=1S/C23H36BrClN2/c1-2-26-22-8-5-18(6-9-22)4-3-13-27-14-11-19(12-15-27)16-20-17-21(25)7-10-23(20)24/h7,10,17-19,22,26H,2-6,8-9,11-16H2,1H3/t18-,22+. The van der Waals surface area contributed by atoms with Gasteiger partial charge in [-0.1, -0.05) is 34.5 Å². The monoisotopic (exact) mass is 454 g/mol. The number of halogens is 2. The number of rotatable bonds is 8. The summed E-state index contributed by atoms with van der Waals surface area (Å²) < 4.78 is 1.21. The van der Waals surface area contributed by atoms with E-state index in [0.717, 1.165) is 35.9 Å². The molecule has 2 fully saturated rings. The van der Waals surface area contributed by atoms with E-state index in [9.17, 15) is 0 Å². The number of benzene rings is 1. The Kier molecular flexibility index (Phi) is 8.96. The molecule has 2 aliphatic rings. The fourth-order valence-electron chi connectivity index (χ4n) is 4.97. The van der Waals surface area contributed by atoms with E-state index < -0.39 is 0 Å². The van der Waals surface area contributed by atoms with Gasteiger partial charge in [0.15, 0.2) is 0 Å². The number of hydrogen-bond acceptors (Lipinski definition) is 2. The van der Waals surface area contributed by atoms with Gasteiger partial charge in [0.1, 0.15) is 0 Å². The molecular formula is C23H36BrClN2. The van der Waals surface area contributed by atoms with Crippen LogP contribution in [0, 0.1) is 11.8 Å². The second-order valence-corrected chi connectivity index (χ2v) is 9.93. The van der Waals surface area contributed by atoms with Crippen molar-refractivity contribution in [2.45, 2.75) is 70.8 Å². The minimum atomic E-state index is 0.796. The molecule has 0 radical (unpaired) electrons. The topological polar surface area (TPSA) is 15.3 Å². The summed E-state index contributed by atoms with van der Waals surface area (Å²) in [7, 11) is 0. The van der Waals surface area contributed by atoms with Crippen molar-refractivity contribution < 1.29 is 0 Å². The second-order valence-electron chi connectivity index (χ2n) is 8.64. The Bertz CT molecular complexity index is 563. The lowest BCUT2D eigenvalue weighted by molar-refractivity contribution is 0.174. The van der Waals surface area contributed by atoms with Gasteiger partial charge >= 0.3 is 0 Å². The van der Waals surface area contributed by atoms with Crippen LogP contribution in [-0.4, -0.2) is 37.1 Å². The smallest absolute Gasteiger partial charge is 0.0409 e. The van der Waals surface area contributed by atoms with Gasteiger partial charge in [-0.25, -0.2) is 0 Å². The van der Waals surface area contributed by atoms with Crippen molar-refractivity contribution in [2.24, 2.45) is 11.8 Å². The Balaban J connectivity index is 1.30. The zero-order valence-corrected chi connectivity index (χ0v) is 19.2. The first kappa shape index (κ1) is 21.6. The van der Waals surface area contributed by atoms with Gasteiger partial charge in [-0.05, 0) is 120 Å². The van der Waals surface area contributed by atoms with Gasteiger partial charge in [0, 0.05) is 15.5 Å². The zero-order chi connectivity index (χ0) is 19.1. The second kappa shape index (κ2) is 11.2. The first-order valence-corrected chi connectivity index (χ1v) is 12.2. The van der Waals surface area contributed by atoms with Crippen LogP contribution in [0.4, 0.5) is 0 Å². The van der Waals surface area contributed by atoms with Gasteiger partial charge in [0.05, 0.1) is 0 Å². The highest BCUT2D eigenvalue weighted by Crippen LogP contribution is 2.30. The average Bonchev–Trinajstić information content (AvgIpc) is 2.68. The molecule has 0 unspecified atom stereocenters. The summed E-state index contributed by atoms with van der Waals surface area (Å²) >= 11 is 9.85. The van der Waals surface area contributed by atoms with E-state index in [-0.39, 0.29) is 0 Å². The molecule has 1 saturated carbocycles. The molecule has 0 spiro atoms. The molecule has 1 saturated heterocycles. The van der Waals surface area contributed by atoms with Crippen molar-refractivity contribution in [3.63, 3.8) is 0 Å². The SMILES string of the molecule is CCN[C@H]1CC[C@@H](CCCN2CCC(Cc3cc(Cl)ccc3Br)CC2)CC1. The Morgan fingerprint density at radius 3 is 2.52 bits per heavy atom. The summed E-state index contributed by atoms with van der Waals surface area (Å²) in [6, 6.07) is 6.97. The zero-order valence-electron chi connectivity index (χ0n) is 16.9. The van der Waals surface area contributed by atoms with E-state index in [4.69, 9.17) is 11.6 Å². The van der Waals surface area contributed by atoms with Gasteiger partial charge in [-0.2, -0.15) is 0 Å². The van der Waals surface area contributed by atoms with Crippen molar-refractivity contribution in [1.29, 1.82) is 0 Å². The number of nitrogens with zero attached hydrogens (tertiary/aromatic N) is 1. The van der Waals surface area contributed by atoms with Crippen LogP contribution in [0.5, 0.6) is 0 Å². The molecule has 152 valence electrons. The van der Waals surface area contributed by atoms with E-state index in [1.165, 1.54) is 81.0 Å². The van der Waals surface area contributed by atoms with E-state index in [1.54, 1.807) is 0 Å². The molecule has 1 aliphatic heterocycles. The highest BCUT2D eigenvalue weighted by atomic mass is 79.9. The van der Waals surface area contributed by atoms with E-state index in [1.807, 2.05) is 6.07 Å². The maximum Gasteiger partial charge on any atom is 0.0409 e. The first-order valence-electron chi connectivity index (χ1n) is 11.0. The summed E-state index contributed by atoms with van der Waals surface area (Å²) in [5, 5.41) is 4.47. The van der Waals surface area contributed by atoms with Crippen molar-refractivity contribution in [3.8, 4) is 0 Å². The van der Waals surface area contributed by atoms with Crippen molar-refractivity contribution in [2.75, 3.05) is 26.2 Å². The first-order chi connectivity index (χ1) is 13.1. The summed E-state index contributed by atoms with van der Waals surface area (Å²) in [4.78, 5) is 2.70. The van der Waals surface area contributed by atoms with Crippen LogP contribution < -0.4 is 5.32 Å². The largest absolute Gasteiger partial charge is 0.314 e. The summed E-state index contributed by atoms with van der Waals surface area (Å²) in [5.74, 6) is 1.79. The molecule has 27 heavy (non-hydrogen) atoms. The van der Waals surface area contributed by atoms with Gasteiger partial charge in [0.25, 0.3) is 0 Å². The molecule has 3 rings (SSSR count). The van der Waals surface area contributed by atoms with Crippen molar-refractivity contribution in [3.05, 3.63) is 33.3 Å². The predicted octanol–water partition coefficient (Wildman–Crippen LogP) is 6.31. The highest BCUT2D eigenvalue weighted by Gasteiger charge is 2.22. The normalized spacial score (nSPS) is 25.0. The molecule has 1 N–H and O–H groups in total. The molecule has 1 heterocycles. The van der Waals surface area contributed by atoms with Crippen LogP contribution in [0.1, 0.15) is 63.9 Å². The van der Waals surface area contributed by atoms with Crippen LogP contribution in [0.2, 0.25) is 5.02 Å². The highest BCUT2D eigenvalue weighted by molar-refractivity contribution is 9.10. The molecule has 0 atom stereocenters. The van der Waals surface area contributed by atoms with Gasteiger partial charge in [-0.15, -0.1) is 0 Å². The van der Waals surface area contributed by atoms with E-state index in [2.05, 4.69) is 45.2 Å². The third kappa shape index (κ3) is 7.03. The van der Waals surface area contributed by atoms with Crippen LogP contribution >= 0.6 is 27.5 Å². The minimum absolute atomic E-state index is 0.796. The predicted molar refractivity (Wildman–Crippen MR) is 121 cm³/mol.